The lowest BCUT2D eigenvalue weighted by Gasteiger charge is -2.25. The maximum Gasteiger partial charge on any atom is 0.326 e. The van der Waals surface area contributed by atoms with E-state index in [1.165, 1.54) is 7.11 Å². The van der Waals surface area contributed by atoms with Crippen LogP contribution < -0.4 is 9.04 Å². The third kappa shape index (κ3) is 4.34. The molecule has 0 N–H and O–H groups in total. The first-order chi connectivity index (χ1) is 12.7. The van der Waals surface area contributed by atoms with Gasteiger partial charge in [0.05, 0.1) is 29.7 Å². The number of hydrogen-bond acceptors (Lipinski definition) is 7. The van der Waals surface area contributed by atoms with E-state index in [9.17, 15) is 23.3 Å². The van der Waals surface area contributed by atoms with Gasteiger partial charge in [-0.15, -0.1) is 0 Å². The molecule has 0 bridgehead atoms. The van der Waals surface area contributed by atoms with Crippen LogP contribution >= 0.6 is 0 Å². The van der Waals surface area contributed by atoms with E-state index in [2.05, 4.69) is 4.74 Å². The Balaban J connectivity index is 2.61. The SMILES string of the molecule is COC(=O)CN(c1cc(C)ccc1OC)S(=O)(=O)c1ccc([N+](=O)[O-])cc1. The molecule has 9 nitrogen and oxygen atoms in total. The van der Waals surface area contributed by atoms with Gasteiger partial charge in [-0.3, -0.25) is 19.2 Å². The van der Waals surface area contributed by atoms with Gasteiger partial charge in [0.2, 0.25) is 0 Å². The molecule has 10 heteroatoms. The zero-order valence-corrected chi connectivity index (χ0v) is 15.7. The predicted octanol–water partition coefficient (Wildman–Crippen LogP) is 2.28. The van der Waals surface area contributed by atoms with E-state index in [1.54, 1.807) is 25.1 Å². The average Bonchev–Trinajstić information content (AvgIpc) is 2.65. The fourth-order valence-corrected chi connectivity index (χ4v) is 3.75. The van der Waals surface area contributed by atoms with Crippen molar-refractivity contribution in [3.8, 4) is 5.75 Å². The van der Waals surface area contributed by atoms with Gasteiger partial charge in [0.15, 0.2) is 0 Å². The number of non-ortho nitro benzene ring substituents is 1. The molecule has 0 aromatic heterocycles. The Hall–Kier alpha value is -3.14. The number of benzene rings is 2. The van der Waals surface area contributed by atoms with Crippen molar-refractivity contribution < 1.29 is 27.6 Å². The maximum absolute atomic E-state index is 13.1. The van der Waals surface area contributed by atoms with Crippen LogP contribution in [-0.2, 0) is 19.6 Å². The molecule has 2 rings (SSSR count). The lowest BCUT2D eigenvalue weighted by atomic mass is 10.2. The van der Waals surface area contributed by atoms with Crippen LogP contribution in [0, 0.1) is 17.0 Å². The fraction of sp³-hybridized carbons (Fsp3) is 0.235. The molecular weight excluding hydrogens is 376 g/mol. The monoisotopic (exact) mass is 394 g/mol. The van der Waals surface area contributed by atoms with Gasteiger partial charge in [0, 0.05) is 12.1 Å². The summed E-state index contributed by atoms with van der Waals surface area (Å²) in [5.74, 6) is -0.529. The molecule has 0 amide bonds. The summed E-state index contributed by atoms with van der Waals surface area (Å²) in [7, 11) is -1.70. The largest absolute Gasteiger partial charge is 0.495 e. The normalized spacial score (nSPS) is 10.9. The number of aryl methyl sites for hydroxylation is 1. The molecule has 27 heavy (non-hydrogen) atoms. The molecule has 0 saturated carbocycles. The van der Waals surface area contributed by atoms with Crippen LogP contribution in [-0.4, -0.2) is 40.1 Å². The van der Waals surface area contributed by atoms with Crippen LogP contribution in [0.2, 0.25) is 0 Å². The molecule has 0 aliphatic rings. The molecule has 2 aromatic rings. The second-order valence-electron chi connectivity index (χ2n) is 5.51. The van der Waals surface area contributed by atoms with Crippen molar-refractivity contribution in [1.82, 2.24) is 0 Å². The Kier molecular flexibility index (Phi) is 6.01. The highest BCUT2D eigenvalue weighted by Crippen LogP contribution is 2.33. The summed E-state index contributed by atoms with van der Waals surface area (Å²) in [5.41, 5.74) is 0.655. The molecule has 144 valence electrons. The number of carbonyl (C=O) groups is 1. The maximum atomic E-state index is 13.1. The van der Waals surface area contributed by atoms with Gasteiger partial charge >= 0.3 is 5.97 Å². The lowest BCUT2D eigenvalue weighted by molar-refractivity contribution is -0.384. The first kappa shape index (κ1) is 20.2. The summed E-state index contributed by atoms with van der Waals surface area (Å²) < 4.78 is 37.0. The number of anilines is 1. The number of carbonyl (C=O) groups excluding carboxylic acids is 1. The number of esters is 1. The molecule has 0 spiro atoms. The average molecular weight is 394 g/mol. The first-order valence-corrected chi connectivity index (χ1v) is 9.13. The summed E-state index contributed by atoms with van der Waals surface area (Å²) >= 11 is 0. The summed E-state index contributed by atoms with van der Waals surface area (Å²) in [6.07, 6.45) is 0. The number of nitrogens with zero attached hydrogens (tertiary/aromatic N) is 2. The number of sulfonamides is 1. The molecular formula is C17H18N2O7S. The molecule has 0 unspecified atom stereocenters. The molecule has 2 aromatic carbocycles. The van der Waals surface area contributed by atoms with Crippen LogP contribution in [0.15, 0.2) is 47.4 Å². The highest BCUT2D eigenvalue weighted by atomic mass is 32.2. The molecule has 0 heterocycles. The summed E-state index contributed by atoms with van der Waals surface area (Å²) in [6, 6.07) is 9.26. The highest BCUT2D eigenvalue weighted by molar-refractivity contribution is 7.92. The van der Waals surface area contributed by atoms with Crippen LogP contribution in [0.4, 0.5) is 11.4 Å². The van der Waals surface area contributed by atoms with Crippen LogP contribution in [0.3, 0.4) is 0 Å². The van der Waals surface area contributed by atoms with E-state index in [0.717, 1.165) is 41.2 Å². The van der Waals surface area contributed by atoms with Gasteiger partial charge in [-0.1, -0.05) is 6.07 Å². The number of hydrogen-bond donors (Lipinski definition) is 0. The van der Waals surface area contributed by atoms with Crippen molar-refractivity contribution in [2.45, 2.75) is 11.8 Å². The van der Waals surface area contributed by atoms with Gasteiger partial charge in [-0.2, -0.15) is 0 Å². The number of rotatable bonds is 7. The van der Waals surface area contributed by atoms with Gasteiger partial charge < -0.3 is 9.47 Å². The second-order valence-corrected chi connectivity index (χ2v) is 7.38. The predicted molar refractivity (Wildman–Crippen MR) is 97.4 cm³/mol. The van der Waals surface area contributed by atoms with Crippen molar-refractivity contribution in [2.24, 2.45) is 0 Å². The van der Waals surface area contributed by atoms with Crippen molar-refractivity contribution in [1.29, 1.82) is 0 Å². The van der Waals surface area contributed by atoms with E-state index in [4.69, 9.17) is 4.74 Å². The minimum atomic E-state index is -4.22. The zero-order chi connectivity index (χ0) is 20.2. The van der Waals surface area contributed by atoms with E-state index in [-0.39, 0.29) is 22.0 Å². The Labute approximate surface area is 156 Å². The quantitative estimate of drug-likeness (QED) is 0.402. The van der Waals surface area contributed by atoms with Crippen LogP contribution in [0.25, 0.3) is 0 Å². The standard InChI is InChI=1S/C17H18N2O7S/c1-12-4-9-16(25-2)15(10-12)18(11-17(20)26-3)27(23,24)14-7-5-13(6-8-14)19(21)22/h4-10H,11H2,1-3H3. The minimum absolute atomic E-state index is 0.154. The molecule has 0 saturated heterocycles. The number of ether oxygens (including phenoxy) is 2. The Morgan fingerprint density at radius 1 is 1.15 bits per heavy atom. The van der Waals surface area contributed by atoms with Crippen molar-refractivity contribution in [3.63, 3.8) is 0 Å². The summed E-state index contributed by atoms with van der Waals surface area (Å²) in [4.78, 5) is 21.8. The van der Waals surface area contributed by atoms with Gasteiger partial charge in [-0.05, 0) is 36.8 Å². The smallest absolute Gasteiger partial charge is 0.326 e. The molecule has 0 aliphatic heterocycles. The Morgan fingerprint density at radius 3 is 2.30 bits per heavy atom. The van der Waals surface area contributed by atoms with Gasteiger partial charge in [0.25, 0.3) is 15.7 Å². The highest BCUT2D eigenvalue weighted by Gasteiger charge is 2.30. The Bertz CT molecular complexity index is 956. The minimum Gasteiger partial charge on any atom is -0.495 e. The summed E-state index contributed by atoms with van der Waals surface area (Å²) in [5, 5.41) is 10.8. The second kappa shape index (κ2) is 8.04. The van der Waals surface area contributed by atoms with Crippen LogP contribution in [0.5, 0.6) is 5.75 Å². The molecule has 0 fully saturated rings. The molecule has 0 atom stereocenters. The zero-order valence-electron chi connectivity index (χ0n) is 14.9. The fourth-order valence-electron chi connectivity index (χ4n) is 2.34. The van der Waals surface area contributed by atoms with Crippen LogP contribution in [0.1, 0.15) is 5.56 Å². The van der Waals surface area contributed by atoms with Gasteiger partial charge in [-0.25, -0.2) is 8.42 Å². The number of methoxy groups -OCH3 is 2. The van der Waals surface area contributed by atoms with E-state index < -0.39 is 27.5 Å². The first-order valence-electron chi connectivity index (χ1n) is 7.69. The summed E-state index contributed by atoms with van der Waals surface area (Å²) in [6.45, 7) is 1.17. The van der Waals surface area contributed by atoms with Crippen molar-refractivity contribution >= 4 is 27.4 Å². The van der Waals surface area contributed by atoms with Crippen molar-refractivity contribution in [2.75, 3.05) is 25.1 Å². The topological polar surface area (TPSA) is 116 Å². The van der Waals surface area contributed by atoms with Gasteiger partial charge in [0.1, 0.15) is 12.3 Å². The van der Waals surface area contributed by atoms with E-state index >= 15 is 0 Å². The molecule has 0 radical (unpaired) electrons. The van der Waals surface area contributed by atoms with E-state index in [0.29, 0.717) is 0 Å². The Morgan fingerprint density at radius 2 is 1.78 bits per heavy atom. The third-order valence-corrected chi connectivity index (χ3v) is 5.51. The van der Waals surface area contributed by atoms with Crippen molar-refractivity contribution in [3.05, 3.63) is 58.1 Å². The third-order valence-electron chi connectivity index (χ3n) is 3.74. The molecule has 0 aliphatic carbocycles. The number of nitro groups is 1. The van der Waals surface area contributed by atoms with E-state index in [1.807, 2.05) is 0 Å². The lowest BCUT2D eigenvalue weighted by Crippen LogP contribution is -2.36. The number of nitro benzene ring substituents is 1.